The third kappa shape index (κ3) is 2.80. The number of hydrogen-bond acceptors (Lipinski definition) is 4. The Kier molecular flexibility index (Phi) is 5.21. The lowest BCUT2D eigenvalue weighted by Crippen LogP contribution is -2.47. The molecule has 1 fully saturated rings. The highest BCUT2D eigenvalue weighted by atomic mass is 79.9. The molecule has 3 N–H and O–H groups in total. The second kappa shape index (κ2) is 6.48. The van der Waals surface area contributed by atoms with Crippen LogP contribution in [0.15, 0.2) is 15.9 Å². The highest BCUT2D eigenvalue weighted by molar-refractivity contribution is 9.10. The van der Waals surface area contributed by atoms with Crippen LogP contribution < -0.4 is 11.3 Å². The molecule has 1 atom stereocenters. The Morgan fingerprint density at radius 2 is 2.06 bits per heavy atom. The van der Waals surface area contributed by atoms with E-state index in [1.807, 2.05) is 7.11 Å². The van der Waals surface area contributed by atoms with Gasteiger partial charge in [0.25, 0.3) is 0 Å². The monoisotopic (exact) mass is 332 g/mol. The molecule has 1 aliphatic rings. The first-order valence-electron chi connectivity index (χ1n) is 6.47. The van der Waals surface area contributed by atoms with E-state index >= 15 is 0 Å². The summed E-state index contributed by atoms with van der Waals surface area (Å²) in [6.45, 7) is 0. The summed E-state index contributed by atoms with van der Waals surface area (Å²) in [6, 6.07) is 2.14. The van der Waals surface area contributed by atoms with E-state index in [2.05, 4.69) is 32.8 Å². The number of methoxy groups -OCH3 is 1. The molecule has 0 amide bonds. The molecule has 102 valence electrons. The van der Waals surface area contributed by atoms with Gasteiger partial charge in [0.1, 0.15) is 0 Å². The summed E-state index contributed by atoms with van der Waals surface area (Å²) >= 11 is 5.33. The van der Waals surface area contributed by atoms with Crippen molar-refractivity contribution in [2.45, 2.75) is 50.2 Å². The summed E-state index contributed by atoms with van der Waals surface area (Å²) < 4.78 is 7.06. The van der Waals surface area contributed by atoms with Crippen LogP contribution in [0.5, 0.6) is 0 Å². The fourth-order valence-electron chi connectivity index (χ4n) is 2.92. The third-order valence-electron chi connectivity index (χ3n) is 3.96. The highest BCUT2D eigenvalue weighted by Gasteiger charge is 2.41. The van der Waals surface area contributed by atoms with Gasteiger partial charge in [-0.3, -0.25) is 5.84 Å². The Morgan fingerprint density at radius 3 is 2.50 bits per heavy atom. The second-order valence-electron chi connectivity index (χ2n) is 4.92. The molecule has 0 saturated heterocycles. The van der Waals surface area contributed by atoms with Gasteiger partial charge in [0.2, 0.25) is 0 Å². The van der Waals surface area contributed by atoms with Crippen LogP contribution in [0.1, 0.15) is 49.4 Å². The predicted molar refractivity (Wildman–Crippen MR) is 79.5 cm³/mol. The zero-order valence-corrected chi connectivity index (χ0v) is 13.1. The minimum atomic E-state index is -0.168. The van der Waals surface area contributed by atoms with Crippen molar-refractivity contribution in [2.24, 2.45) is 5.84 Å². The summed E-state index contributed by atoms with van der Waals surface area (Å²) in [4.78, 5) is 1.24. The van der Waals surface area contributed by atoms with Gasteiger partial charge in [-0.05, 0) is 40.2 Å². The molecule has 0 aromatic carbocycles. The zero-order valence-electron chi connectivity index (χ0n) is 10.7. The largest absolute Gasteiger partial charge is 0.376 e. The van der Waals surface area contributed by atoms with E-state index in [1.165, 1.54) is 30.6 Å². The number of nitrogens with two attached hydrogens (primary N) is 1. The second-order valence-corrected chi connectivity index (χ2v) is 6.72. The van der Waals surface area contributed by atoms with Gasteiger partial charge in [0.05, 0.1) is 11.6 Å². The molecule has 1 heterocycles. The summed E-state index contributed by atoms with van der Waals surface area (Å²) in [5.41, 5.74) is 2.82. The smallest absolute Gasteiger partial charge is 0.0893 e. The lowest BCUT2D eigenvalue weighted by molar-refractivity contribution is -0.0533. The third-order valence-corrected chi connectivity index (χ3v) is 5.89. The number of hydrogen-bond donors (Lipinski definition) is 2. The van der Waals surface area contributed by atoms with E-state index in [1.54, 1.807) is 11.3 Å². The van der Waals surface area contributed by atoms with Gasteiger partial charge in [0, 0.05) is 16.5 Å². The Balaban J connectivity index is 2.30. The quantitative estimate of drug-likeness (QED) is 0.501. The van der Waals surface area contributed by atoms with Gasteiger partial charge in [0.15, 0.2) is 0 Å². The summed E-state index contributed by atoms with van der Waals surface area (Å²) in [6.07, 6.45) is 7.18. The average molecular weight is 333 g/mol. The van der Waals surface area contributed by atoms with E-state index < -0.39 is 0 Å². The molecular weight excluding hydrogens is 312 g/mol. The van der Waals surface area contributed by atoms with Crippen LogP contribution in [0.25, 0.3) is 0 Å². The van der Waals surface area contributed by atoms with Crippen LogP contribution in [0, 0.1) is 0 Å². The summed E-state index contributed by atoms with van der Waals surface area (Å²) in [5, 5.41) is 2.09. The summed E-state index contributed by atoms with van der Waals surface area (Å²) in [7, 11) is 1.82. The Labute approximate surface area is 121 Å². The summed E-state index contributed by atoms with van der Waals surface area (Å²) in [5.74, 6) is 5.83. The molecule has 0 spiro atoms. The Morgan fingerprint density at radius 1 is 1.39 bits per heavy atom. The van der Waals surface area contributed by atoms with Crippen LogP contribution >= 0.6 is 27.3 Å². The van der Waals surface area contributed by atoms with E-state index in [-0.39, 0.29) is 11.6 Å². The molecule has 0 aliphatic heterocycles. The fourth-order valence-corrected chi connectivity index (χ4v) is 4.68. The van der Waals surface area contributed by atoms with Gasteiger partial charge in [-0.25, -0.2) is 5.43 Å². The van der Waals surface area contributed by atoms with Gasteiger partial charge in [-0.2, -0.15) is 0 Å². The van der Waals surface area contributed by atoms with E-state index in [0.29, 0.717) is 0 Å². The van der Waals surface area contributed by atoms with Crippen molar-refractivity contribution < 1.29 is 4.74 Å². The SMILES string of the molecule is COC1(C(NN)c2sccc2Br)CCCCCC1. The average Bonchev–Trinajstić information content (AvgIpc) is 2.67. The van der Waals surface area contributed by atoms with E-state index in [9.17, 15) is 0 Å². The van der Waals surface area contributed by atoms with Crippen molar-refractivity contribution in [3.8, 4) is 0 Å². The van der Waals surface area contributed by atoms with Crippen molar-refractivity contribution in [2.75, 3.05) is 7.11 Å². The van der Waals surface area contributed by atoms with Crippen molar-refractivity contribution in [1.82, 2.24) is 5.43 Å². The fraction of sp³-hybridized carbons (Fsp3) is 0.692. The number of ether oxygens (including phenoxy) is 1. The molecular formula is C13H21BrN2OS. The molecule has 1 aromatic heterocycles. The van der Waals surface area contributed by atoms with E-state index in [0.717, 1.165) is 17.3 Å². The molecule has 3 nitrogen and oxygen atoms in total. The van der Waals surface area contributed by atoms with Gasteiger partial charge < -0.3 is 4.74 Å². The number of thiophene rings is 1. The van der Waals surface area contributed by atoms with Crippen molar-refractivity contribution in [3.63, 3.8) is 0 Å². The first-order chi connectivity index (χ1) is 8.73. The predicted octanol–water partition coefficient (Wildman–Crippen LogP) is 3.75. The van der Waals surface area contributed by atoms with Crippen LogP contribution in [0.3, 0.4) is 0 Å². The lowest BCUT2D eigenvalue weighted by Gasteiger charge is -2.38. The molecule has 1 aliphatic carbocycles. The zero-order chi connectivity index (χ0) is 13.0. The first-order valence-corrected chi connectivity index (χ1v) is 8.15. The molecule has 2 rings (SSSR count). The maximum Gasteiger partial charge on any atom is 0.0893 e. The highest BCUT2D eigenvalue weighted by Crippen LogP contribution is 2.43. The number of rotatable bonds is 4. The molecule has 1 aromatic rings. The van der Waals surface area contributed by atoms with Crippen molar-refractivity contribution in [1.29, 1.82) is 0 Å². The maximum atomic E-state index is 5.93. The van der Waals surface area contributed by atoms with Crippen LogP contribution in [-0.4, -0.2) is 12.7 Å². The molecule has 18 heavy (non-hydrogen) atoms. The molecule has 0 bridgehead atoms. The van der Waals surface area contributed by atoms with Crippen LogP contribution in [0.4, 0.5) is 0 Å². The Hall–Kier alpha value is 0.0600. The first kappa shape index (κ1) is 14.5. The maximum absolute atomic E-state index is 5.93. The lowest BCUT2D eigenvalue weighted by atomic mass is 9.85. The minimum absolute atomic E-state index is 0.0648. The van der Waals surface area contributed by atoms with Gasteiger partial charge in [-0.1, -0.05) is 25.7 Å². The van der Waals surface area contributed by atoms with Crippen molar-refractivity contribution >= 4 is 27.3 Å². The number of hydrazine groups is 1. The molecule has 0 radical (unpaired) electrons. The van der Waals surface area contributed by atoms with E-state index in [4.69, 9.17) is 10.6 Å². The normalized spacial score (nSPS) is 21.5. The number of nitrogens with one attached hydrogen (secondary N) is 1. The molecule has 1 unspecified atom stereocenters. The van der Waals surface area contributed by atoms with Crippen LogP contribution in [-0.2, 0) is 4.74 Å². The standard InChI is InChI=1S/C13H21BrN2OS/c1-17-13(7-4-2-3-5-8-13)12(16-15)11-10(14)6-9-18-11/h6,9,12,16H,2-5,7-8,15H2,1H3. The van der Waals surface area contributed by atoms with Gasteiger partial charge >= 0.3 is 0 Å². The topological polar surface area (TPSA) is 47.3 Å². The molecule has 5 heteroatoms. The number of halogens is 1. The Bertz CT molecular complexity index is 375. The minimum Gasteiger partial charge on any atom is -0.376 e. The van der Waals surface area contributed by atoms with Crippen LogP contribution in [0.2, 0.25) is 0 Å². The van der Waals surface area contributed by atoms with Crippen molar-refractivity contribution in [3.05, 3.63) is 20.8 Å². The van der Waals surface area contributed by atoms with Gasteiger partial charge in [-0.15, -0.1) is 11.3 Å². The molecule has 1 saturated carbocycles.